The molecule has 0 aliphatic carbocycles. The fourth-order valence-corrected chi connectivity index (χ4v) is 4.58. The van der Waals surface area contributed by atoms with Gasteiger partial charge in [-0.1, -0.05) is 0 Å². The lowest BCUT2D eigenvalue weighted by molar-refractivity contribution is -0.193. The quantitative estimate of drug-likeness (QED) is 0.405. The summed E-state index contributed by atoms with van der Waals surface area (Å²) >= 11 is 0. The Balaban J connectivity index is 0.000000396. The van der Waals surface area contributed by atoms with Crippen LogP contribution in [0.2, 0.25) is 0 Å². The van der Waals surface area contributed by atoms with Crippen LogP contribution in [0.4, 0.5) is 39.5 Å². The van der Waals surface area contributed by atoms with Gasteiger partial charge in [0.15, 0.2) is 0 Å². The van der Waals surface area contributed by atoms with Gasteiger partial charge in [0, 0.05) is 45.3 Å². The van der Waals surface area contributed by atoms with E-state index in [-0.39, 0.29) is 6.04 Å². The van der Waals surface area contributed by atoms with Crippen LogP contribution in [0.3, 0.4) is 0 Å². The first-order chi connectivity index (χ1) is 20.4. The number of carboxylic acids is 3. The maximum absolute atomic E-state index is 12.9. The highest BCUT2D eigenvalue weighted by molar-refractivity contribution is 5.82. The molecule has 3 aliphatic heterocycles. The fourth-order valence-electron chi connectivity index (χ4n) is 4.58. The number of amides is 1. The number of hydrogen-bond acceptors (Lipinski definition) is 8. The number of furan rings is 1. The van der Waals surface area contributed by atoms with Gasteiger partial charge in [-0.15, -0.1) is 0 Å². The van der Waals surface area contributed by atoms with E-state index in [0.717, 1.165) is 58.0 Å². The van der Waals surface area contributed by atoms with Crippen LogP contribution in [0.25, 0.3) is 0 Å². The molecule has 3 aliphatic rings. The molecule has 0 bridgehead atoms. The van der Waals surface area contributed by atoms with Crippen molar-refractivity contribution in [3.8, 4) is 0 Å². The van der Waals surface area contributed by atoms with Crippen molar-refractivity contribution >= 4 is 23.8 Å². The summed E-state index contributed by atoms with van der Waals surface area (Å²) in [6.07, 6.45) is -12.5. The predicted octanol–water partition coefficient (Wildman–Crippen LogP) is 2.46. The summed E-state index contributed by atoms with van der Waals surface area (Å²) in [6.45, 7) is 6.72. The van der Waals surface area contributed by atoms with E-state index in [0.29, 0.717) is 17.9 Å². The number of nitrogens with zero attached hydrogens (tertiary/aromatic N) is 4. The molecule has 3 N–H and O–H groups in total. The van der Waals surface area contributed by atoms with Gasteiger partial charge in [-0.3, -0.25) is 14.6 Å². The van der Waals surface area contributed by atoms with E-state index in [2.05, 4.69) is 33.7 Å². The Kier molecular flexibility index (Phi) is 14.1. The lowest BCUT2D eigenvalue weighted by atomic mass is 10.0. The predicted molar refractivity (Wildman–Crippen MR) is 133 cm³/mol. The first-order valence-corrected chi connectivity index (χ1v) is 12.8. The molecule has 1 amide bonds. The van der Waals surface area contributed by atoms with Gasteiger partial charge >= 0.3 is 36.4 Å². The van der Waals surface area contributed by atoms with Crippen molar-refractivity contribution in [2.45, 2.75) is 43.6 Å². The first-order valence-electron chi connectivity index (χ1n) is 12.8. The summed E-state index contributed by atoms with van der Waals surface area (Å²) in [6, 6.07) is 4.57. The zero-order valence-electron chi connectivity index (χ0n) is 23.7. The van der Waals surface area contributed by atoms with Gasteiger partial charge in [-0.05, 0) is 38.6 Å². The van der Waals surface area contributed by atoms with E-state index in [1.165, 1.54) is 0 Å². The van der Waals surface area contributed by atoms with E-state index in [4.69, 9.17) is 34.1 Å². The van der Waals surface area contributed by atoms with Gasteiger partial charge in [-0.2, -0.15) is 39.5 Å². The van der Waals surface area contributed by atoms with Gasteiger partial charge in [-0.25, -0.2) is 14.4 Å². The number of hydrogen-bond donors (Lipinski definition) is 3. The fraction of sp³-hybridized carbons (Fsp3) is 0.667. The van der Waals surface area contributed by atoms with E-state index in [9.17, 15) is 44.3 Å². The molecule has 0 saturated carbocycles. The summed E-state index contributed by atoms with van der Waals surface area (Å²) in [5.74, 6) is -6.29. The summed E-state index contributed by atoms with van der Waals surface area (Å²) < 4.78 is 101. The Bertz CT molecular complexity index is 1060. The Morgan fingerprint density at radius 3 is 1.60 bits per heavy atom. The largest absolute Gasteiger partial charge is 0.490 e. The number of likely N-dealkylation sites (N-methyl/N-ethyl adjacent to an activating group) is 2. The second-order valence-electron chi connectivity index (χ2n) is 10.1. The summed E-state index contributed by atoms with van der Waals surface area (Å²) in [7, 11) is 4.27. The highest BCUT2D eigenvalue weighted by Crippen LogP contribution is 2.36. The average Bonchev–Trinajstić information content (AvgIpc) is 3.62. The van der Waals surface area contributed by atoms with Crippen molar-refractivity contribution < 1.29 is 78.4 Å². The van der Waals surface area contributed by atoms with E-state index < -0.39 is 36.4 Å². The number of rotatable bonds is 3. The van der Waals surface area contributed by atoms with Crippen molar-refractivity contribution in [3.05, 3.63) is 24.2 Å². The molecular formula is C24H31F9N4O8. The molecule has 3 saturated heterocycles. The summed E-state index contributed by atoms with van der Waals surface area (Å²) in [4.78, 5) is 48.8. The standard InChI is InChI=1S/C18H28N4O2.3C2HF3O2/c1-19-5-7-22(8-6-19)18(23)16-10-14-11-21(13-17(14)20(16)2)12-15-4-3-9-24-15;3*3-2(4,5)1(6)7/h3-4,9,14,16-17H,5-8,10-13H2,1-2H3;3*(H,6,7)/t14-,16-,17+;;;/m1.../s1. The number of aliphatic carboxylic acids is 3. The number of fused-ring (bicyclic) bond motifs is 1. The molecule has 3 fully saturated rings. The average molecular weight is 675 g/mol. The lowest BCUT2D eigenvalue weighted by Gasteiger charge is -2.36. The molecule has 12 nitrogen and oxygen atoms in total. The van der Waals surface area contributed by atoms with Gasteiger partial charge in [0.25, 0.3) is 0 Å². The van der Waals surface area contributed by atoms with Gasteiger partial charge in [0.1, 0.15) is 5.76 Å². The zero-order valence-corrected chi connectivity index (χ0v) is 23.7. The van der Waals surface area contributed by atoms with Crippen LogP contribution >= 0.6 is 0 Å². The smallest absolute Gasteiger partial charge is 0.475 e. The van der Waals surface area contributed by atoms with E-state index >= 15 is 0 Å². The van der Waals surface area contributed by atoms with Gasteiger partial charge in [0.05, 0.1) is 18.8 Å². The molecule has 0 aromatic carbocycles. The van der Waals surface area contributed by atoms with E-state index in [1.54, 1.807) is 6.26 Å². The Labute approximate surface area is 249 Å². The monoisotopic (exact) mass is 674 g/mol. The van der Waals surface area contributed by atoms with Crippen molar-refractivity contribution in [2.24, 2.45) is 5.92 Å². The molecule has 258 valence electrons. The molecule has 4 heterocycles. The van der Waals surface area contributed by atoms with Crippen LogP contribution in [-0.2, 0) is 25.7 Å². The van der Waals surface area contributed by atoms with Crippen LogP contribution in [0, 0.1) is 5.92 Å². The number of halogens is 9. The third-order valence-corrected chi connectivity index (χ3v) is 6.81. The molecule has 1 aromatic rings. The number of likely N-dealkylation sites (tertiary alicyclic amines) is 2. The summed E-state index contributed by atoms with van der Waals surface area (Å²) in [5, 5.41) is 21.4. The van der Waals surface area contributed by atoms with Crippen LogP contribution < -0.4 is 0 Å². The van der Waals surface area contributed by atoms with E-state index in [1.807, 2.05) is 12.1 Å². The minimum Gasteiger partial charge on any atom is -0.475 e. The minimum atomic E-state index is -5.08. The number of piperazine rings is 1. The molecule has 1 aromatic heterocycles. The lowest BCUT2D eigenvalue weighted by Crippen LogP contribution is -2.53. The maximum Gasteiger partial charge on any atom is 0.490 e. The summed E-state index contributed by atoms with van der Waals surface area (Å²) in [5.41, 5.74) is 0. The number of carbonyl (C=O) groups excluding carboxylic acids is 1. The minimum absolute atomic E-state index is 0.0779. The molecular weight excluding hydrogens is 643 g/mol. The second kappa shape index (κ2) is 16.1. The highest BCUT2D eigenvalue weighted by atomic mass is 19.4. The Morgan fingerprint density at radius 1 is 0.800 bits per heavy atom. The van der Waals surface area contributed by atoms with Crippen LogP contribution in [0.5, 0.6) is 0 Å². The van der Waals surface area contributed by atoms with Crippen LogP contribution in [0.15, 0.2) is 22.8 Å². The molecule has 0 spiro atoms. The van der Waals surface area contributed by atoms with Crippen LogP contribution in [-0.4, -0.2) is 143 Å². The van der Waals surface area contributed by atoms with Crippen LogP contribution in [0.1, 0.15) is 12.2 Å². The Morgan fingerprint density at radius 2 is 1.24 bits per heavy atom. The number of carbonyl (C=O) groups is 4. The van der Waals surface area contributed by atoms with Gasteiger partial charge < -0.3 is 29.5 Å². The molecule has 45 heavy (non-hydrogen) atoms. The number of alkyl halides is 9. The number of carboxylic acid groups (broad SMARTS) is 3. The normalized spacial score (nSPS) is 22.6. The zero-order chi connectivity index (χ0) is 34.9. The van der Waals surface area contributed by atoms with Crippen molar-refractivity contribution in [3.63, 3.8) is 0 Å². The van der Waals surface area contributed by atoms with Gasteiger partial charge in [0.2, 0.25) is 5.91 Å². The molecule has 21 heteroatoms. The molecule has 4 rings (SSSR count). The highest BCUT2D eigenvalue weighted by Gasteiger charge is 2.48. The SMILES string of the molecule is CN1CCN(C(=O)[C@H]2C[C@@H]3CN(Cc4ccco4)C[C@@H]3N2C)CC1.O=C(O)C(F)(F)F.O=C(O)C(F)(F)F.O=C(O)C(F)(F)F. The van der Waals surface area contributed by atoms with Crippen molar-refractivity contribution in [2.75, 3.05) is 53.4 Å². The molecule has 3 atom stereocenters. The van der Waals surface area contributed by atoms with Crippen molar-refractivity contribution in [1.29, 1.82) is 0 Å². The Hall–Kier alpha value is -3.59. The first kappa shape index (κ1) is 39.4. The molecule has 0 radical (unpaired) electrons. The third-order valence-electron chi connectivity index (χ3n) is 6.81. The topological polar surface area (TPSA) is 155 Å². The maximum atomic E-state index is 12.9. The third kappa shape index (κ3) is 13.1. The molecule has 0 unspecified atom stereocenters. The second-order valence-corrected chi connectivity index (χ2v) is 10.1. The van der Waals surface area contributed by atoms with Crippen molar-refractivity contribution in [1.82, 2.24) is 19.6 Å².